The van der Waals surface area contributed by atoms with Gasteiger partial charge in [-0.05, 0) is 65.8 Å². The van der Waals surface area contributed by atoms with Crippen LogP contribution in [-0.2, 0) is 19.1 Å². The summed E-state index contributed by atoms with van der Waals surface area (Å²) in [7, 11) is 2.55. The lowest BCUT2D eigenvalue weighted by molar-refractivity contribution is -0.136. The zero-order valence-electron chi connectivity index (χ0n) is 35.2. The molecule has 4 amide bonds. The van der Waals surface area contributed by atoms with Crippen molar-refractivity contribution >= 4 is 45.7 Å². The Labute approximate surface area is 352 Å². The van der Waals surface area contributed by atoms with Crippen LogP contribution in [0.4, 0.5) is 14.0 Å². The van der Waals surface area contributed by atoms with Gasteiger partial charge in [-0.3, -0.25) is 9.59 Å². The van der Waals surface area contributed by atoms with E-state index in [0.29, 0.717) is 30.3 Å². The molecular weight excluding hydrogens is 788 g/mol. The van der Waals surface area contributed by atoms with Gasteiger partial charge in [-0.2, -0.15) is 0 Å². The van der Waals surface area contributed by atoms with E-state index in [-0.39, 0.29) is 53.4 Å². The van der Waals surface area contributed by atoms with Gasteiger partial charge in [0.2, 0.25) is 11.8 Å². The van der Waals surface area contributed by atoms with Crippen molar-refractivity contribution in [3.05, 3.63) is 72.2 Å². The molecule has 0 radical (unpaired) electrons. The van der Waals surface area contributed by atoms with E-state index >= 15 is 4.39 Å². The zero-order chi connectivity index (χ0) is 43.0. The number of rotatable bonds is 11. The monoisotopic (exact) mass is 840 g/mol. The maximum Gasteiger partial charge on any atom is 0.407 e. The maximum absolute atomic E-state index is 15.8. The molecule has 6 atom stereocenters. The Balaban J connectivity index is 1.04. The van der Waals surface area contributed by atoms with Gasteiger partial charge in [0.25, 0.3) is 0 Å². The molecule has 0 unspecified atom stereocenters. The average Bonchev–Trinajstić information content (AvgIpc) is 4.07. The summed E-state index contributed by atoms with van der Waals surface area (Å²) in [5.41, 5.74) is 4.39. The topological polar surface area (TPSA) is 175 Å². The lowest BCUT2D eigenvalue weighted by atomic mass is 10.0. The number of fused-ring (bicyclic) bond motifs is 1. The molecule has 2 aromatic carbocycles. The van der Waals surface area contributed by atoms with E-state index in [9.17, 15) is 19.2 Å². The number of alkyl carbamates (subject to hydrolysis) is 2. The van der Waals surface area contributed by atoms with E-state index in [2.05, 4.69) is 34.4 Å². The van der Waals surface area contributed by atoms with Crippen molar-refractivity contribution < 1.29 is 33.0 Å². The van der Waals surface area contributed by atoms with Crippen molar-refractivity contribution in [1.29, 1.82) is 0 Å². The van der Waals surface area contributed by atoms with Gasteiger partial charge in [-0.1, -0.05) is 71.9 Å². The van der Waals surface area contributed by atoms with Crippen LogP contribution in [0.3, 0.4) is 0 Å². The van der Waals surface area contributed by atoms with Gasteiger partial charge in [0.15, 0.2) is 0 Å². The van der Waals surface area contributed by atoms with Crippen molar-refractivity contribution in [1.82, 2.24) is 40.4 Å². The minimum Gasteiger partial charge on any atom is -0.453 e. The SMILES string of the molecule is COC(=O)N[C@H](C(=O)N1C[C@@H](C)C[C@H]1c1nc(-c2ccc(-c3ccc(-c4cc5[nH]c([C@@H]6C[C@H](C)CN6C(=O)[C@@H](NC(=O)OC)C(C)C)nc5s4)c(F)c3)cc2)c[nH]1)C(C)C. The summed E-state index contributed by atoms with van der Waals surface area (Å²) in [4.78, 5) is 72.9. The van der Waals surface area contributed by atoms with E-state index < -0.39 is 24.3 Å². The van der Waals surface area contributed by atoms with E-state index in [4.69, 9.17) is 19.4 Å². The first-order valence-corrected chi connectivity index (χ1v) is 21.2. The number of imidazole rings is 2. The second-order valence-electron chi connectivity index (χ2n) is 16.8. The molecule has 2 fully saturated rings. The number of benzene rings is 2. The first-order valence-electron chi connectivity index (χ1n) is 20.4. The van der Waals surface area contributed by atoms with Crippen LogP contribution in [0.1, 0.15) is 78.1 Å². The summed E-state index contributed by atoms with van der Waals surface area (Å²) in [5, 5.41) is 5.38. The molecule has 0 aliphatic carbocycles. The molecule has 0 spiro atoms. The Morgan fingerprint density at radius 1 is 0.767 bits per heavy atom. The molecule has 2 aliphatic rings. The molecule has 318 valence electrons. The molecular formula is C44H53FN8O6S. The molecule has 5 heterocycles. The van der Waals surface area contributed by atoms with E-state index in [1.807, 2.05) is 70.3 Å². The molecule has 14 nitrogen and oxygen atoms in total. The molecule has 2 aliphatic heterocycles. The Kier molecular flexibility index (Phi) is 12.3. The number of carbonyl (C=O) groups excluding carboxylic acids is 4. The summed E-state index contributed by atoms with van der Waals surface area (Å²) >= 11 is 1.38. The number of nitrogens with one attached hydrogen (secondary N) is 4. The number of aromatic nitrogens is 4. The van der Waals surface area contributed by atoms with Crippen LogP contribution >= 0.6 is 11.3 Å². The van der Waals surface area contributed by atoms with E-state index in [1.54, 1.807) is 15.9 Å². The van der Waals surface area contributed by atoms with Gasteiger partial charge in [0, 0.05) is 35.3 Å². The highest BCUT2D eigenvalue weighted by atomic mass is 32.1. The van der Waals surface area contributed by atoms with Crippen molar-refractivity contribution in [2.24, 2.45) is 23.7 Å². The largest absolute Gasteiger partial charge is 0.453 e. The number of hydrogen-bond acceptors (Lipinski definition) is 9. The van der Waals surface area contributed by atoms with Crippen LogP contribution in [0.2, 0.25) is 0 Å². The molecule has 5 aromatic rings. The van der Waals surface area contributed by atoms with E-state index in [0.717, 1.165) is 50.5 Å². The molecule has 3 aromatic heterocycles. The molecule has 0 saturated carbocycles. The molecule has 4 N–H and O–H groups in total. The number of methoxy groups -OCH3 is 2. The number of hydrogen-bond donors (Lipinski definition) is 4. The second-order valence-corrected chi connectivity index (χ2v) is 17.8. The van der Waals surface area contributed by atoms with Gasteiger partial charge < -0.3 is 39.9 Å². The smallest absolute Gasteiger partial charge is 0.407 e. The number of aromatic amines is 2. The molecule has 0 bridgehead atoms. The molecule has 60 heavy (non-hydrogen) atoms. The first kappa shape index (κ1) is 42.4. The fraction of sp³-hybridized carbons (Fsp3) is 0.455. The number of ether oxygens (including phenoxy) is 2. The Bertz CT molecular complexity index is 2340. The number of amides is 4. The maximum atomic E-state index is 15.8. The van der Waals surface area contributed by atoms with Gasteiger partial charge >= 0.3 is 12.2 Å². The molecule has 7 rings (SSSR count). The summed E-state index contributed by atoms with van der Waals surface area (Å²) in [5.74, 6) is 0.849. The predicted octanol–water partition coefficient (Wildman–Crippen LogP) is 8.07. The Morgan fingerprint density at radius 3 is 1.82 bits per heavy atom. The number of halogens is 1. The van der Waals surface area contributed by atoms with Gasteiger partial charge in [-0.15, -0.1) is 11.3 Å². The van der Waals surface area contributed by atoms with Crippen LogP contribution in [0.5, 0.6) is 0 Å². The van der Waals surface area contributed by atoms with Gasteiger partial charge in [-0.25, -0.2) is 23.9 Å². The number of H-pyrrole nitrogens is 2. The van der Waals surface area contributed by atoms with Crippen LogP contribution in [0.25, 0.3) is 43.2 Å². The highest BCUT2D eigenvalue weighted by Gasteiger charge is 2.42. The Hall–Kier alpha value is -5.77. The minimum atomic E-state index is -0.734. The fourth-order valence-corrected chi connectivity index (χ4v) is 9.38. The van der Waals surface area contributed by atoms with Crippen molar-refractivity contribution in [2.75, 3.05) is 27.3 Å². The lowest BCUT2D eigenvalue weighted by Gasteiger charge is -2.30. The minimum absolute atomic E-state index is 0.136. The highest BCUT2D eigenvalue weighted by Crippen LogP contribution is 2.40. The highest BCUT2D eigenvalue weighted by molar-refractivity contribution is 7.21. The molecule has 2 saturated heterocycles. The van der Waals surface area contributed by atoms with E-state index in [1.165, 1.54) is 31.6 Å². The van der Waals surface area contributed by atoms with Crippen LogP contribution in [0.15, 0.2) is 54.7 Å². The molecule has 16 heteroatoms. The number of carbonyl (C=O) groups is 4. The summed E-state index contributed by atoms with van der Waals surface area (Å²) in [6.07, 6.45) is 1.99. The second kappa shape index (κ2) is 17.4. The summed E-state index contributed by atoms with van der Waals surface area (Å²) in [6.45, 7) is 12.8. The van der Waals surface area contributed by atoms with Crippen molar-refractivity contribution in [3.8, 4) is 32.8 Å². The summed E-state index contributed by atoms with van der Waals surface area (Å²) in [6, 6.07) is 12.9. The van der Waals surface area contributed by atoms with Crippen LogP contribution in [0, 0.1) is 29.5 Å². The van der Waals surface area contributed by atoms with Crippen molar-refractivity contribution in [3.63, 3.8) is 0 Å². The van der Waals surface area contributed by atoms with Gasteiger partial charge in [0.1, 0.15) is 34.4 Å². The predicted molar refractivity (Wildman–Crippen MR) is 227 cm³/mol. The van der Waals surface area contributed by atoms with Crippen LogP contribution < -0.4 is 10.6 Å². The normalized spacial score (nSPS) is 20.2. The quantitative estimate of drug-likeness (QED) is 0.103. The lowest BCUT2D eigenvalue weighted by Crippen LogP contribution is -2.51. The fourth-order valence-electron chi connectivity index (χ4n) is 8.36. The number of thiophene rings is 1. The standard InChI is InChI=1S/C44H53FN8O6S/c1-22(2)36(49-43(56)58-7)41(54)52-20-24(5)15-33(52)38-46-19-32(48-38)27-11-9-26(10-12-27)28-13-14-29(30(45)17-28)35-18-31-40(60-35)51-39(47-31)34-16-25(6)21-53(34)42(55)37(23(3)4)50-44(57)59-8/h9-14,17-19,22-25,33-34,36-37H,15-16,20-21H2,1-8H3,(H,46,48)(H,47,51)(H,49,56)(H,50,57)/t24-,25-,33-,34-,36-,37-/m0/s1. The Morgan fingerprint density at radius 2 is 1.30 bits per heavy atom. The summed E-state index contributed by atoms with van der Waals surface area (Å²) < 4.78 is 25.4. The first-order chi connectivity index (χ1) is 28.6. The third-order valence-electron chi connectivity index (χ3n) is 11.5. The third-order valence-corrected chi connectivity index (χ3v) is 12.6. The van der Waals surface area contributed by atoms with Gasteiger partial charge in [0.05, 0.1) is 37.5 Å². The zero-order valence-corrected chi connectivity index (χ0v) is 36.0. The third kappa shape index (κ3) is 8.60. The number of likely N-dealkylation sites (tertiary alicyclic amines) is 2. The average molecular weight is 841 g/mol. The number of nitrogens with zero attached hydrogens (tertiary/aromatic N) is 4. The van der Waals surface area contributed by atoms with Crippen LogP contribution in [-0.4, -0.2) is 93.1 Å². The van der Waals surface area contributed by atoms with Crippen molar-refractivity contribution in [2.45, 2.75) is 78.6 Å².